The molecular weight excluding hydrogens is 240 g/mol. The zero-order chi connectivity index (χ0) is 13.2. The van der Waals surface area contributed by atoms with E-state index in [0.29, 0.717) is 10.8 Å². The second-order valence-electron chi connectivity index (χ2n) is 7.89. The van der Waals surface area contributed by atoms with Gasteiger partial charge in [0.2, 0.25) is 0 Å². The lowest BCUT2D eigenvalue weighted by Gasteiger charge is -2.41. The van der Waals surface area contributed by atoms with E-state index in [2.05, 4.69) is 20.8 Å². The Bertz CT molecular complexity index is 247. The van der Waals surface area contributed by atoms with E-state index < -0.39 is 0 Å². The van der Waals surface area contributed by atoms with Crippen molar-refractivity contribution in [1.82, 2.24) is 0 Å². The average Bonchev–Trinajstić information content (AvgIpc) is 2.32. The highest BCUT2D eigenvalue weighted by Crippen LogP contribution is 2.45. The molecule has 0 amide bonds. The molecule has 0 aromatic rings. The third kappa shape index (κ3) is 3.89. The van der Waals surface area contributed by atoms with Crippen LogP contribution in [0.3, 0.4) is 0 Å². The van der Waals surface area contributed by atoms with Crippen LogP contribution in [-0.2, 0) is 0 Å². The Balaban J connectivity index is 1.88. The van der Waals surface area contributed by atoms with Crippen molar-refractivity contribution in [2.24, 2.45) is 23.2 Å². The highest BCUT2D eigenvalue weighted by molar-refractivity contribution is 6.20. The van der Waals surface area contributed by atoms with Crippen molar-refractivity contribution in [2.75, 3.05) is 0 Å². The summed E-state index contributed by atoms with van der Waals surface area (Å²) in [4.78, 5) is 0. The summed E-state index contributed by atoms with van der Waals surface area (Å²) in [5, 5.41) is 0.463. The van der Waals surface area contributed by atoms with Gasteiger partial charge in [-0.15, -0.1) is 11.6 Å². The van der Waals surface area contributed by atoms with Crippen molar-refractivity contribution in [3.05, 3.63) is 0 Å². The summed E-state index contributed by atoms with van der Waals surface area (Å²) in [5.41, 5.74) is 0.474. The predicted octanol–water partition coefficient (Wildman–Crippen LogP) is 6.03. The van der Waals surface area contributed by atoms with Gasteiger partial charge in [-0.05, 0) is 48.9 Å². The summed E-state index contributed by atoms with van der Waals surface area (Å²) in [6.45, 7) is 7.22. The fourth-order valence-electron chi connectivity index (χ4n) is 4.11. The molecule has 0 heterocycles. The van der Waals surface area contributed by atoms with E-state index in [1.807, 2.05) is 0 Å². The molecule has 0 saturated heterocycles. The predicted molar refractivity (Wildman–Crippen MR) is 81.1 cm³/mol. The molecule has 2 rings (SSSR count). The summed E-state index contributed by atoms with van der Waals surface area (Å²) >= 11 is 6.62. The lowest BCUT2D eigenvalue weighted by molar-refractivity contribution is 0.125. The Labute approximate surface area is 119 Å². The Hall–Kier alpha value is 0.290. The molecular formula is C17H31Cl. The number of alkyl halides is 1. The topological polar surface area (TPSA) is 0 Å². The third-order valence-electron chi connectivity index (χ3n) is 5.48. The molecule has 0 aliphatic heterocycles. The van der Waals surface area contributed by atoms with E-state index in [-0.39, 0.29) is 0 Å². The summed E-state index contributed by atoms with van der Waals surface area (Å²) in [6.07, 6.45) is 12.7. The molecule has 0 spiro atoms. The monoisotopic (exact) mass is 270 g/mol. The van der Waals surface area contributed by atoms with Crippen LogP contribution < -0.4 is 0 Å². The van der Waals surface area contributed by atoms with Crippen LogP contribution in [-0.4, -0.2) is 5.38 Å². The van der Waals surface area contributed by atoms with Crippen LogP contribution >= 0.6 is 11.6 Å². The van der Waals surface area contributed by atoms with Crippen LogP contribution in [0.15, 0.2) is 0 Å². The summed E-state index contributed by atoms with van der Waals surface area (Å²) in [5.74, 6) is 2.68. The number of rotatable bonds is 2. The van der Waals surface area contributed by atoms with Gasteiger partial charge >= 0.3 is 0 Å². The van der Waals surface area contributed by atoms with E-state index in [9.17, 15) is 0 Å². The zero-order valence-electron chi connectivity index (χ0n) is 12.6. The minimum atomic E-state index is 0.463. The molecule has 2 saturated carbocycles. The standard InChI is InChI=1S/C17H31Cl/c1-17(2,3)15-9-10-16(18)14(12-15)11-13-7-5-4-6-8-13/h13-16H,4-12H2,1-3H3. The second kappa shape index (κ2) is 6.16. The third-order valence-corrected chi connectivity index (χ3v) is 6.05. The van der Waals surface area contributed by atoms with Gasteiger partial charge in [-0.2, -0.15) is 0 Å². The largest absolute Gasteiger partial charge is 0.123 e. The smallest absolute Gasteiger partial charge is 0.0364 e. The Kier molecular flexibility index (Phi) is 5.03. The molecule has 2 aliphatic carbocycles. The van der Waals surface area contributed by atoms with E-state index >= 15 is 0 Å². The molecule has 0 aromatic heterocycles. The average molecular weight is 271 g/mol. The van der Waals surface area contributed by atoms with Gasteiger partial charge in [-0.3, -0.25) is 0 Å². The normalized spacial score (nSPS) is 35.7. The summed E-state index contributed by atoms with van der Waals surface area (Å²) < 4.78 is 0. The van der Waals surface area contributed by atoms with Crippen molar-refractivity contribution in [2.45, 2.75) is 83.9 Å². The van der Waals surface area contributed by atoms with Gasteiger partial charge < -0.3 is 0 Å². The lowest BCUT2D eigenvalue weighted by Crippen LogP contribution is -2.33. The number of halogens is 1. The molecule has 0 N–H and O–H groups in total. The zero-order valence-corrected chi connectivity index (χ0v) is 13.3. The second-order valence-corrected chi connectivity index (χ2v) is 8.45. The van der Waals surface area contributed by atoms with Crippen LogP contribution in [0.5, 0.6) is 0 Å². The van der Waals surface area contributed by atoms with E-state index in [0.717, 1.165) is 17.8 Å². The van der Waals surface area contributed by atoms with Gasteiger partial charge in [0.15, 0.2) is 0 Å². The van der Waals surface area contributed by atoms with Gasteiger partial charge in [0.1, 0.15) is 0 Å². The van der Waals surface area contributed by atoms with Crippen LogP contribution in [0.2, 0.25) is 0 Å². The SMILES string of the molecule is CC(C)(C)C1CCC(Cl)C(CC2CCCCC2)C1. The van der Waals surface area contributed by atoms with Crippen LogP contribution in [0.4, 0.5) is 0 Å². The molecule has 106 valence electrons. The molecule has 0 aromatic carbocycles. The van der Waals surface area contributed by atoms with Gasteiger partial charge in [0, 0.05) is 5.38 Å². The molecule has 2 fully saturated rings. The van der Waals surface area contributed by atoms with Crippen molar-refractivity contribution in [3.63, 3.8) is 0 Å². The highest BCUT2D eigenvalue weighted by atomic mass is 35.5. The van der Waals surface area contributed by atoms with Gasteiger partial charge in [0.25, 0.3) is 0 Å². The fourth-order valence-corrected chi connectivity index (χ4v) is 4.44. The van der Waals surface area contributed by atoms with Gasteiger partial charge in [-0.1, -0.05) is 52.9 Å². The first kappa shape index (κ1) is 14.7. The first-order chi connectivity index (χ1) is 8.47. The Morgan fingerprint density at radius 2 is 1.61 bits per heavy atom. The summed E-state index contributed by atoms with van der Waals surface area (Å²) in [7, 11) is 0. The first-order valence-corrected chi connectivity index (χ1v) is 8.54. The first-order valence-electron chi connectivity index (χ1n) is 8.11. The van der Waals surface area contributed by atoms with Crippen molar-refractivity contribution in [1.29, 1.82) is 0 Å². The van der Waals surface area contributed by atoms with Gasteiger partial charge in [0.05, 0.1) is 0 Å². The molecule has 3 unspecified atom stereocenters. The molecule has 18 heavy (non-hydrogen) atoms. The minimum absolute atomic E-state index is 0.463. The van der Waals surface area contributed by atoms with Crippen molar-refractivity contribution >= 4 is 11.6 Å². The molecule has 0 radical (unpaired) electrons. The maximum absolute atomic E-state index is 6.62. The molecule has 2 aliphatic rings. The molecule has 3 atom stereocenters. The van der Waals surface area contributed by atoms with E-state index in [4.69, 9.17) is 11.6 Å². The Morgan fingerprint density at radius 3 is 2.22 bits per heavy atom. The van der Waals surface area contributed by atoms with Gasteiger partial charge in [-0.25, -0.2) is 0 Å². The van der Waals surface area contributed by atoms with Crippen LogP contribution in [0, 0.1) is 23.2 Å². The van der Waals surface area contributed by atoms with Crippen LogP contribution in [0.25, 0.3) is 0 Å². The van der Waals surface area contributed by atoms with Crippen molar-refractivity contribution in [3.8, 4) is 0 Å². The lowest BCUT2D eigenvalue weighted by atomic mass is 9.66. The van der Waals surface area contributed by atoms with E-state index in [1.54, 1.807) is 0 Å². The maximum Gasteiger partial charge on any atom is 0.0364 e. The van der Waals surface area contributed by atoms with E-state index in [1.165, 1.54) is 57.8 Å². The highest BCUT2D eigenvalue weighted by Gasteiger charge is 2.36. The number of hydrogen-bond donors (Lipinski definition) is 0. The maximum atomic E-state index is 6.62. The fraction of sp³-hybridized carbons (Fsp3) is 1.00. The minimum Gasteiger partial charge on any atom is -0.123 e. The van der Waals surface area contributed by atoms with Crippen molar-refractivity contribution < 1.29 is 0 Å². The molecule has 0 bridgehead atoms. The summed E-state index contributed by atoms with van der Waals surface area (Å²) in [6, 6.07) is 0. The quantitative estimate of drug-likeness (QED) is 0.538. The van der Waals surface area contributed by atoms with Crippen LogP contribution in [0.1, 0.15) is 78.6 Å². The Morgan fingerprint density at radius 1 is 0.944 bits per heavy atom. The molecule has 1 heteroatoms. The molecule has 0 nitrogen and oxygen atoms in total. The number of hydrogen-bond acceptors (Lipinski definition) is 0.